The van der Waals surface area contributed by atoms with Crippen molar-refractivity contribution in [3.63, 3.8) is 0 Å². The van der Waals surface area contributed by atoms with E-state index in [0.717, 1.165) is 12.3 Å². The maximum absolute atomic E-state index is 14.4. The third-order valence-corrected chi connectivity index (χ3v) is 6.56. The number of hydrogen-bond donors (Lipinski definition) is 1. The molecule has 2 fully saturated rings. The highest BCUT2D eigenvalue weighted by molar-refractivity contribution is 6.06. The van der Waals surface area contributed by atoms with Gasteiger partial charge in [0.15, 0.2) is 11.5 Å². The number of amides is 2. The van der Waals surface area contributed by atoms with Crippen molar-refractivity contribution in [2.24, 2.45) is 5.92 Å². The molecule has 1 aromatic heterocycles. The fraction of sp³-hybridized carbons (Fsp3) is 0.478. The number of nitrogens with one attached hydrogen (secondary N) is 1. The van der Waals surface area contributed by atoms with Gasteiger partial charge in [-0.1, -0.05) is 31.0 Å². The van der Waals surface area contributed by atoms with Crippen molar-refractivity contribution in [3.8, 4) is 0 Å². The summed E-state index contributed by atoms with van der Waals surface area (Å²) in [6.07, 6.45) is 4.59. The van der Waals surface area contributed by atoms with Crippen molar-refractivity contribution in [3.05, 3.63) is 47.7 Å². The van der Waals surface area contributed by atoms with E-state index in [1.807, 2.05) is 4.90 Å². The average Bonchev–Trinajstić information content (AvgIpc) is 3.61. The van der Waals surface area contributed by atoms with Crippen molar-refractivity contribution in [2.45, 2.75) is 44.1 Å². The molecule has 1 aromatic carbocycles. The summed E-state index contributed by atoms with van der Waals surface area (Å²) < 4.78 is 28.9. The molecule has 0 radical (unpaired) electrons. The van der Waals surface area contributed by atoms with E-state index in [2.05, 4.69) is 15.5 Å². The maximum Gasteiger partial charge on any atom is 0.352 e. The highest BCUT2D eigenvalue weighted by Gasteiger charge is 2.54. The first-order chi connectivity index (χ1) is 15.4. The Labute approximate surface area is 184 Å². The quantitative estimate of drug-likeness (QED) is 0.745. The van der Waals surface area contributed by atoms with Gasteiger partial charge in [0.05, 0.1) is 11.3 Å². The third-order valence-electron chi connectivity index (χ3n) is 6.56. The van der Waals surface area contributed by atoms with Crippen molar-refractivity contribution >= 4 is 23.3 Å². The number of piperidine rings is 1. The lowest BCUT2D eigenvalue weighted by Crippen LogP contribution is -2.48. The summed E-state index contributed by atoms with van der Waals surface area (Å²) in [5.41, 5.74) is 0.364. The van der Waals surface area contributed by atoms with Crippen LogP contribution in [0.3, 0.4) is 0 Å². The van der Waals surface area contributed by atoms with Gasteiger partial charge >= 0.3 is 11.8 Å². The van der Waals surface area contributed by atoms with Crippen LogP contribution >= 0.6 is 0 Å². The van der Waals surface area contributed by atoms with Crippen LogP contribution in [-0.2, 0) is 10.7 Å². The molecule has 0 unspecified atom stereocenters. The standard InChI is InChI=1S/C23H25F2N5O2/c24-23(25)17-3-1-2-4-19(17)30(22(23)32)16-10-13-29(14-11-16)20-8-7-18(27-28-20)21(31)26-12-9-15-5-6-15/h1-4,7-8,15-16H,5-6,9-14H2,(H,26,31). The molecule has 32 heavy (non-hydrogen) atoms. The molecule has 1 N–H and O–H groups in total. The fourth-order valence-corrected chi connectivity index (χ4v) is 4.54. The first kappa shape index (κ1) is 20.8. The Bertz CT molecular complexity index is 1020. The number of para-hydroxylation sites is 1. The highest BCUT2D eigenvalue weighted by Crippen LogP contribution is 2.46. The number of fused-ring (bicyclic) bond motifs is 1. The van der Waals surface area contributed by atoms with Gasteiger partial charge in [-0.05, 0) is 43.4 Å². The summed E-state index contributed by atoms with van der Waals surface area (Å²) in [5.74, 6) is -3.46. The smallest absolute Gasteiger partial charge is 0.352 e. The molecule has 9 heteroatoms. The van der Waals surface area contributed by atoms with Gasteiger partial charge in [-0.25, -0.2) is 0 Å². The van der Waals surface area contributed by atoms with Crippen LogP contribution in [0.25, 0.3) is 0 Å². The fourth-order valence-electron chi connectivity index (χ4n) is 4.54. The third kappa shape index (κ3) is 3.80. The van der Waals surface area contributed by atoms with Crippen molar-refractivity contribution in [2.75, 3.05) is 29.4 Å². The first-order valence-electron chi connectivity index (χ1n) is 11.1. The number of aromatic nitrogens is 2. The number of nitrogens with zero attached hydrogens (tertiary/aromatic N) is 4. The lowest BCUT2D eigenvalue weighted by molar-refractivity contribution is -0.142. The SMILES string of the molecule is O=C(NCCC1CC1)c1ccc(N2CCC(N3C(=O)C(F)(F)c4ccccc43)CC2)nn1. The van der Waals surface area contributed by atoms with Crippen LogP contribution in [0.4, 0.5) is 20.3 Å². The summed E-state index contributed by atoms with van der Waals surface area (Å²) in [6, 6.07) is 9.23. The number of alkyl halides is 2. The van der Waals surface area contributed by atoms with Crippen LogP contribution in [0.1, 0.15) is 48.2 Å². The Balaban J connectivity index is 1.20. The molecule has 0 bridgehead atoms. The molecular weight excluding hydrogens is 416 g/mol. The van der Waals surface area contributed by atoms with E-state index in [-0.39, 0.29) is 23.2 Å². The molecule has 1 aliphatic carbocycles. The van der Waals surface area contributed by atoms with E-state index in [1.165, 1.54) is 29.9 Å². The maximum atomic E-state index is 14.4. The number of rotatable bonds is 6. The van der Waals surface area contributed by atoms with Gasteiger partial charge in [0, 0.05) is 25.7 Å². The predicted octanol–water partition coefficient (Wildman–Crippen LogP) is 3.11. The number of halogens is 2. The summed E-state index contributed by atoms with van der Waals surface area (Å²) in [5, 5.41) is 11.1. The Morgan fingerprint density at radius 3 is 2.50 bits per heavy atom. The van der Waals surface area contributed by atoms with Crippen LogP contribution in [0, 0.1) is 5.92 Å². The van der Waals surface area contributed by atoms with Crippen molar-refractivity contribution in [1.29, 1.82) is 0 Å². The zero-order valence-corrected chi connectivity index (χ0v) is 17.6. The first-order valence-corrected chi connectivity index (χ1v) is 11.1. The van der Waals surface area contributed by atoms with E-state index >= 15 is 0 Å². The van der Waals surface area contributed by atoms with Gasteiger partial charge < -0.3 is 15.1 Å². The van der Waals surface area contributed by atoms with E-state index in [0.29, 0.717) is 44.0 Å². The molecule has 2 aliphatic heterocycles. The van der Waals surface area contributed by atoms with E-state index in [4.69, 9.17) is 0 Å². The van der Waals surface area contributed by atoms with Gasteiger partial charge in [0.25, 0.3) is 5.91 Å². The zero-order valence-electron chi connectivity index (χ0n) is 17.6. The second-order valence-corrected chi connectivity index (χ2v) is 8.75. The second kappa shape index (κ2) is 8.11. The minimum atomic E-state index is -3.48. The molecule has 0 atom stereocenters. The van der Waals surface area contributed by atoms with E-state index in [9.17, 15) is 18.4 Å². The molecule has 1 saturated carbocycles. The molecule has 168 valence electrons. The van der Waals surface area contributed by atoms with Gasteiger partial charge in [-0.15, -0.1) is 10.2 Å². The molecule has 0 spiro atoms. The van der Waals surface area contributed by atoms with Gasteiger partial charge in [-0.2, -0.15) is 8.78 Å². The highest BCUT2D eigenvalue weighted by atomic mass is 19.3. The van der Waals surface area contributed by atoms with Gasteiger partial charge in [0.1, 0.15) is 0 Å². The molecule has 3 aliphatic rings. The van der Waals surface area contributed by atoms with Crippen LogP contribution in [0.5, 0.6) is 0 Å². The van der Waals surface area contributed by atoms with Gasteiger partial charge in [-0.3, -0.25) is 9.59 Å². The Morgan fingerprint density at radius 1 is 1.06 bits per heavy atom. The molecule has 2 aromatic rings. The van der Waals surface area contributed by atoms with Crippen LogP contribution in [0.15, 0.2) is 36.4 Å². The monoisotopic (exact) mass is 441 g/mol. The molecule has 5 rings (SSSR count). The van der Waals surface area contributed by atoms with Crippen molar-refractivity contribution < 1.29 is 18.4 Å². The number of benzene rings is 1. The normalized spacial score (nSPS) is 20.4. The molecule has 1 saturated heterocycles. The number of anilines is 2. The number of carbonyl (C=O) groups excluding carboxylic acids is 2. The van der Waals surface area contributed by atoms with Gasteiger partial charge in [0.2, 0.25) is 0 Å². The summed E-state index contributed by atoms with van der Waals surface area (Å²) in [7, 11) is 0. The Kier molecular flexibility index (Phi) is 5.27. The molecular formula is C23H25F2N5O2. The van der Waals surface area contributed by atoms with Crippen LogP contribution < -0.4 is 15.1 Å². The second-order valence-electron chi connectivity index (χ2n) is 8.75. The molecule has 2 amide bonds. The summed E-state index contributed by atoms with van der Waals surface area (Å²) in [6.45, 7) is 1.77. The lowest BCUT2D eigenvalue weighted by Gasteiger charge is -2.37. The number of carbonyl (C=O) groups is 2. The van der Waals surface area contributed by atoms with Crippen LogP contribution in [-0.4, -0.2) is 47.7 Å². The molecule has 3 heterocycles. The van der Waals surface area contributed by atoms with Crippen molar-refractivity contribution in [1.82, 2.24) is 15.5 Å². The zero-order chi connectivity index (χ0) is 22.3. The predicted molar refractivity (Wildman–Crippen MR) is 115 cm³/mol. The lowest BCUT2D eigenvalue weighted by atomic mass is 10.0. The average molecular weight is 441 g/mol. The van der Waals surface area contributed by atoms with Crippen LogP contribution in [0.2, 0.25) is 0 Å². The Hall–Kier alpha value is -3.10. The molecule has 7 nitrogen and oxygen atoms in total. The minimum Gasteiger partial charge on any atom is -0.355 e. The summed E-state index contributed by atoms with van der Waals surface area (Å²) >= 11 is 0. The Morgan fingerprint density at radius 2 is 1.81 bits per heavy atom. The summed E-state index contributed by atoms with van der Waals surface area (Å²) in [4.78, 5) is 27.9. The topological polar surface area (TPSA) is 78.4 Å². The largest absolute Gasteiger partial charge is 0.355 e. The van der Waals surface area contributed by atoms with E-state index < -0.39 is 11.8 Å². The van der Waals surface area contributed by atoms with E-state index in [1.54, 1.807) is 24.3 Å². The minimum absolute atomic E-state index is 0.218. The number of hydrogen-bond acceptors (Lipinski definition) is 5.